The van der Waals surface area contributed by atoms with Gasteiger partial charge in [0, 0.05) is 5.56 Å². The number of nitrogens with one attached hydrogen (secondary N) is 1. The van der Waals surface area contributed by atoms with Gasteiger partial charge < -0.3 is 10.5 Å². The maximum atomic E-state index is 13.4. The molecule has 0 fully saturated rings. The number of imide groups is 1. The lowest BCUT2D eigenvalue weighted by Crippen LogP contribution is -2.42. The number of nitrogens with two attached hydrogens (primary N) is 1. The van der Waals surface area contributed by atoms with E-state index >= 15 is 0 Å². The first-order valence-corrected chi connectivity index (χ1v) is 10.9. The maximum absolute atomic E-state index is 13.4. The molecule has 180 valence electrons. The Bertz CT molecular complexity index is 1180. The molecule has 0 aliphatic rings. The minimum absolute atomic E-state index is 0.158. The highest BCUT2D eigenvalue weighted by Gasteiger charge is 2.32. The number of rotatable bonds is 7. The highest BCUT2D eigenvalue weighted by molar-refractivity contribution is 8.00. The lowest BCUT2D eigenvalue weighted by atomic mass is 10.1. The Morgan fingerprint density at radius 2 is 1.79 bits per heavy atom. The van der Waals surface area contributed by atoms with E-state index in [4.69, 9.17) is 10.5 Å². The number of primary amides is 1. The molecule has 1 unspecified atom stereocenters. The molecule has 12 heteroatoms. The molecule has 0 aliphatic heterocycles. The van der Waals surface area contributed by atoms with Gasteiger partial charge in [0.05, 0.1) is 23.6 Å². The van der Waals surface area contributed by atoms with Gasteiger partial charge in [0.15, 0.2) is 11.0 Å². The average Bonchev–Trinajstić information content (AvgIpc) is 3.20. The second-order valence-corrected chi connectivity index (χ2v) is 8.66. The van der Waals surface area contributed by atoms with E-state index in [-0.39, 0.29) is 22.6 Å². The summed E-state index contributed by atoms with van der Waals surface area (Å²) >= 11 is 0.968. The van der Waals surface area contributed by atoms with Gasteiger partial charge in [0.1, 0.15) is 5.75 Å². The summed E-state index contributed by atoms with van der Waals surface area (Å²) in [5.41, 5.74) is 4.96. The number of urea groups is 1. The number of methoxy groups -OCH3 is 1. The summed E-state index contributed by atoms with van der Waals surface area (Å²) in [5, 5.41) is 9.74. The second kappa shape index (κ2) is 10.2. The van der Waals surface area contributed by atoms with Gasteiger partial charge in [-0.2, -0.15) is 13.2 Å². The van der Waals surface area contributed by atoms with E-state index in [1.54, 1.807) is 38.1 Å². The van der Waals surface area contributed by atoms with Gasteiger partial charge in [-0.3, -0.25) is 14.7 Å². The zero-order valence-electron chi connectivity index (χ0n) is 18.5. The third kappa shape index (κ3) is 5.68. The minimum atomic E-state index is -4.56. The fraction of sp³-hybridized carbons (Fsp3) is 0.273. The Labute approximate surface area is 197 Å². The van der Waals surface area contributed by atoms with Crippen LogP contribution in [0.2, 0.25) is 0 Å². The van der Waals surface area contributed by atoms with E-state index in [0.717, 1.165) is 23.9 Å². The van der Waals surface area contributed by atoms with Crippen LogP contribution in [0.25, 0.3) is 17.1 Å². The first-order chi connectivity index (χ1) is 16.0. The molecule has 0 aliphatic carbocycles. The summed E-state index contributed by atoms with van der Waals surface area (Å²) in [5.74, 6) is -0.0497. The lowest BCUT2D eigenvalue weighted by molar-refractivity contribution is -0.137. The quantitative estimate of drug-likeness (QED) is 0.476. The molecule has 3 rings (SSSR count). The zero-order chi connectivity index (χ0) is 25.0. The maximum Gasteiger partial charge on any atom is 0.416 e. The summed E-state index contributed by atoms with van der Waals surface area (Å²) in [4.78, 5) is 23.7. The normalized spacial score (nSPS) is 12.4. The Balaban J connectivity index is 2.14. The number of aromatic nitrogens is 3. The van der Waals surface area contributed by atoms with E-state index in [0.29, 0.717) is 11.3 Å². The molecule has 0 spiro atoms. The van der Waals surface area contributed by atoms with Gasteiger partial charge in [-0.25, -0.2) is 4.79 Å². The van der Waals surface area contributed by atoms with Crippen molar-refractivity contribution in [3.05, 3.63) is 54.1 Å². The van der Waals surface area contributed by atoms with E-state index in [2.05, 4.69) is 10.2 Å². The van der Waals surface area contributed by atoms with Crippen LogP contribution in [-0.4, -0.2) is 39.1 Å². The summed E-state index contributed by atoms with van der Waals surface area (Å²) in [7, 11) is 1.51. The molecule has 1 aromatic heterocycles. The fourth-order valence-electron chi connectivity index (χ4n) is 3.13. The van der Waals surface area contributed by atoms with Gasteiger partial charge in [-0.05, 0) is 48.4 Å². The number of hydrogen-bond donors (Lipinski definition) is 2. The molecule has 0 saturated heterocycles. The molecule has 8 nitrogen and oxygen atoms in total. The van der Waals surface area contributed by atoms with Gasteiger partial charge >= 0.3 is 12.2 Å². The van der Waals surface area contributed by atoms with Crippen LogP contribution in [0.15, 0.2) is 53.7 Å². The first-order valence-electron chi connectivity index (χ1n) is 10.1. The summed E-state index contributed by atoms with van der Waals surface area (Å²) in [6, 6.07) is 10.5. The Kier molecular flexibility index (Phi) is 7.50. The van der Waals surface area contributed by atoms with Crippen molar-refractivity contribution in [2.75, 3.05) is 7.11 Å². The molecule has 34 heavy (non-hydrogen) atoms. The van der Waals surface area contributed by atoms with Crippen molar-refractivity contribution in [2.24, 2.45) is 11.7 Å². The van der Waals surface area contributed by atoms with Crippen LogP contribution in [0.3, 0.4) is 0 Å². The van der Waals surface area contributed by atoms with Crippen molar-refractivity contribution in [1.29, 1.82) is 0 Å². The van der Waals surface area contributed by atoms with Crippen LogP contribution in [0.4, 0.5) is 18.0 Å². The predicted octanol–water partition coefficient (Wildman–Crippen LogP) is 4.27. The number of ether oxygens (including phenoxy) is 1. The number of thioether (sulfide) groups is 1. The number of benzene rings is 2. The number of alkyl halides is 3. The third-order valence-electron chi connectivity index (χ3n) is 4.76. The molecule has 1 heterocycles. The van der Waals surface area contributed by atoms with Crippen LogP contribution < -0.4 is 15.8 Å². The third-order valence-corrected chi connectivity index (χ3v) is 6.24. The number of nitrogens with zero attached hydrogens (tertiary/aromatic N) is 3. The summed E-state index contributed by atoms with van der Waals surface area (Å²) < 4.78 is 46.8. The van der Waals surface area contributed by atoms with Gasteiger partial charge in [-0.1, -0.05) is 31.7 Å². The van der Waals surface area contributed by atoms with Crippen LogP contribution in [0.1, 0.15) is 19.4 Å². The summed E-state index contributed by atoms with van der Waals surface area (Å²) in [6.07, 6.45) is -4.56. The molecular weight excluding hydrogens is 471 g/mol. The van der Waals surface area contributed by atoms with E-state index in [9.17, 15) is 22.8 Å². The SMILES string of the molecule is COc1ccc(-c2nnc(SC(C(=O)NC(N)=O)C(C)C)n2-c2cccc(C(F)(F)F)c2)cc1. The second-order valence-electron chi connectivity index (χ2n) is 7.55. The van der Waals surface area contributed by atoms with Crippen molar-refractivity contribution in [1.82, 2.24) is 20.1 Å². The Hall–Kier alpha value is -3.54. The average molecular weight is 494 g/mol. The number of carbonyl (C=O) groups excluding carboxylic acids is 2. The number of halogens is 3. The van der Waals surface area contributed by atoms with E-state index in [1.165, 1.54) is 23.8 Å². The molecule has 0 saturated carbocycles. The van der Waals surface area contributed by atoms with Gasteiger partial charge in [0.25, 0.3) is 0 Å². The van der Waals surface area contributed by atoms with Crippen LogP contribution in [-0.2, 0) is 11.0 Å². The predicted molar refractivity (Wildman–Crippen MR) is 121 cm³/mol. The van der Waals surface area contributed by atoms with Crippen molar-refractivity contribution >= 4 is 23.7 Å². The number of carbonyl (C=O) groups is 2. The van der Waals surface area contributed by atoms with Gasteiger partial charge in [0.2, 0.25) is 5.91 Å². The van der Waals surface area contributed by atoms with Crippen LogP contribution >= 0.6 is 11.8 Å². The fourth-order valence-corrected chi connectivity index (χ4v) is 4.18. The summed E-state index contributed by atoms with van der Waals surface area (Å²) in [6.45, 7) is 3.52. The molecule has 3 amide bonds. The first kappa shape index (κ1) is 25.1. The van der Waals surface area contributed by atoms with E-state index < -0.39 is 28.9 Å². The number of amides is 3. The highest BCUT2D eigenvalue weighted by Crippen LogP contribution is 2.35. The Morgan fingerprint density at radius 3 is 2.35 bits per heavy atom. The zero-order valence-corrected chi connectivity index (χ0v) is 19.3. The standard InChI is InChI=1S/C22H22F3N5O3S/c1-12(2)17(19(31)27-20(26)32)34-21-29-28-18(13-7-9-16(33-3)10-8-13)30(21)15-6-4-5-14(11-15)22(23,24)25/h4-12,17H,1-3H3,(H3,26,27,31,32). The molecule has 3 aromatic rings. The molecular formula is C22H22F3N5O3S. The molecule has 0 bridgehead atoms. The van der Waals surface area contributed by atoms with Crippen molar-refractivity contribution in [3.63, 3.8) is 0 Å². The largest absolute Gasteiger partial charge is 0.497 e. The minimum Gasteiger partial charge on any atom is -0.497 e. The molecule has 3 N–H and O–H groups in total. The monoisotopic (exact) mass is 493 g/mol. The van der Waals surface area contributed by atoms with Crippen molar-refractivity contribution < 1.29 is 27.5 Å². The van der Waals surface area contributed by atoms with Crippen molar-refractivity contribution in [3.8, 4) is 22.8 Å². The van der Waals surface area contributed by atoms with Gasteiger partial charge in [-0.15, -0.1) is 10.2 Å². The van der Waals surface area contributed by atoms with Crippen LogP contribution in [0, 0.1) is 5.92 Å². The molecule has 2 aromatic carbocycles. The van der Waals surface area contributed by atoms with Crippen molar-refractivity contribution in [2.45, 2.75) is 30.4 Å². The van der Waals surface area contributed by atoms with Crippen LogP contribution in [0.5, 0.6) is 5.75 Å². The lowest BCUT2D eigenvalue weighted by Gasteiger charge is -2.19. The molecule has 1 atom stereocenters. The molecule has 0 radical (unpaired) electrons. The number of hydrogen-bond acceptors (Lipinski definition) is 6. The Morgan fingerprint density at radius 1 is 1.12 bits per heavy atom. The van der Waals surface area contributed by atoms with E-state index in [1.807, 2.05) is 5.32 Å². The highest BCUT2D eigenvalue weighted by atomic mass is 32.2. The topological polar surface area (TPSA) is 112 Å². The smallest absolute Gasteiger partial charge is 0.416 e.